The molecule has 1 saturated heterocycles. The van der Waals surface area contributed by atoms with Crippen LogP contribution in [0.5, 0.6) is 0 Å². The molecule has 7 nitrogen and oxygen atoms in total. The van der Waals surface area contributed by atoms with Gasteiger partial charge in [0.05, 0.1) is 31.7 Å². The van der Waals surface area contributed by atoms with Crippen molar-refractivity contribution in [3.8, 4) is 0 Å². The van der Waals surface area contributed by atoms with Gasteiger partial charge in [0.2, 0.25) is 5.91 Å². The maximum Gasteiger partial charge on any atom is 0.224 e. The quantitative estimate of drug-likeness (QED) is 0.116. The molecule has 0 bridgehead atoms. The Morgan fingerprint density at radius 1 is 0.872 bits per heavy atom. The third-order valence-corrected chi connectivity index (χ3v) is 9.95. The molecule has 1 aromatic heterocycles. The van der Waals surface area contributed by atoms with Crippen LogP contribution in [-0.2, 0) is 27.4 Å². The molecule has 9 heteroatoms. The maximum atomic E-state index is 12.8. The lowest BCUT2D eigenvalue weighted by Crippen LogP contribution is -2.39. The lowest BCUT2D eigenvalue weighted by Gasteiger charge is -2.41. The number of aliphatic hydroxyl groups excluding tert-OH is 1. The number of rotatable bonds is 20. The van der Waals surface area contributed by atoms with Crippen molar-refractivity contribution >= 4 is 34.8 Å². The molecule has 0 spiro atoms. The zero-order valence-corrected chi connectivity index (χ0v) is 29.7. The molecule has 0 radical (unpaired) electrons. The molecule has 1 amide bonds. The Labute approximate surface area is 291 Å². The van der Waals surface area contributed by atoms with Crippen LogP contribution in [-0.4, -0.2) is 26.7 Å². The summed E-state index contributed by atoms with van der Waals surface area (Å²) in [6.07, 6.45) is 17.6. The van der Waals surface area contributed by atoms with E-state index in [9.17, 15) is 9.90 Å². The van der Waals surface area contributed by atoms with E-state index in [1.807, 2.05) is 48.5 Å². The summed E-state index contributed by atoms with van der Waals surface area (Å²) in [4.78, 5) is 16.9. The number of aliphatic hydroxyl groups is 1. The van der Waals surface area contributed by atoms with Crippen molar-refractivity contribution in [2.24, 2.45) is 5.92 Å². The van der Waals surface area contributed by atoms with E-state index in [2.05, 4.69) is 24.1 Å². The predicted octanol–water partition coefficient (Wildman–Crippen LogP) is 10.6. The van der Waals surface area contributed by atoms with Crippen LogP contribution in [0.3, 0.4) is 0 Å². The number of halogens is 2. The molecule has 47 heavy (non-hydrogen) atoms. The Morgan fingerprint density at radius 3 is 2.11 bits per heavy atom. The molecular weight excluding hydrogens is 633 g/mol. The molecule has 2 heterocycles. The molecule has 258 valence electrons. The minimum atomic E-state index is -0.672. The van der Waals surface area contributed by atoms with Crippen LogP contribution in [0.25, 0.3) is 0 Å². The number of anilines is 1. The van der Waals surface area contributed by atoms with Gasteiger partial charge in [-0.3, -0.25) is 4.79 Å². The average Bonchev–Trinajstić information content (AvgIpc) is 3.40. The fourth-order valence-corrected chi connectivity index (χ4v) is 6.60. The van der Waals surface area contributed by atoms with E-state index < -0.39 is 6.29 Å². The van der Waals surface area contributed by atoms with E-state index in [0.29, 0.717) is 18.1 Å². The van der Waals surface area contributed by atoms with Crippen LogP contribution in [0.1, 0.15) is 133 Å². The summed E-state index contributed by atoms with van der Waals surface area (Å²) in [6.45, 7) is 4.78. The number of nitrogens with zero attached hydrogens (tertiary/aromatic N) is 2. The van der Waals surface area contributed by atoms with Gasteiger partial charge in [-0.2, -0.15) is 0 Å². The van der Waals surface area contributed by atoms with E-state index in [0.717, 1.165) is 35.2 Å². The Kier molecular flexibility index (Phi) is 16.1. The van der Waals surface area contributed by atoms with E-state index in [1.165, 1.54) is 70.6 Å². The van der Waals surface area contributed by atoms with Crippen LogP contribution < -0.4 is 5.32 Å². The zero-order valence-electron chi connectivity index (χ0n) is 28.1. The minimum absolute atomic E-state index is 0.0204. The molecule has 1 aliphatic rings. The van der Waals surface area contributed by atoms with Gasteiger partial charge in [0, 0.05) is 23.6 Å². The summed E-state index contributed by atoms with van der Waals surface area (Å²) in [5, 5.41) is 13.2. The van der Waals surface area contributed by atoms with Crippen molar-refractivity contribution in [1.82, 2.24) is 9.55 Å². The van der Waals surface area contributed by atoms with Gasteiger partial charge in [-0.1, -0.05) is 150 Å². The van der Waals surface area contributed by atoms with Gasteiger partial charge in [-0.25, -0.2) is 4.98 Å². The number of unbranched alkanes of at least 4 members (excludes halogenated alkanes) is 12. The topological polar surface area (TPSA) is 85.6 Å². The number of benzene rings is 2. The summed E-state index contributed by atoms with van der Waals surface area (Å²) in [6, 6.07) is 15.5. The van der Waals surface area contributed by atoms with Crippen molar-refractivity contribution in [1.29, 1.82) is 0 Å². The third-order valence-electron chi connectivity index (χ3n) is 9.18. The van der Waals surface area contributed by atoms with E-state index >= 15 is 0 Å². The van der Waals surface area contributed by atoms with Crippen LogP contribution in [0.4, 0.5) is 5.69 Å². The summed E-state index contributed by atoms with van der Waals surface area (Å²) >= 11 is 12.5. The Balaban J connectivity index is 1.28. The number of carbonyl (C=O) groups excluding carboxylic acids is 1. The standard InChI is InChI=1S/C38H53Cl2N3O4/c1-3-4-5-6-7-8-9-10-11-12-13-14-15-19-34(45)42-32-18-16-17-31(24-32)38-46-33(25-43-27-41-36(39)37(43)40)28(2)35(47-38)30-22-20-29(26-44)21-23-30/h16-18,20-24,27-28,33,35,38,44H,3-15,19,25-26H2,1-2H3,(H,42,45)/t28-,33+,35+,38?/m0/s1. The van der Waals surface area contributed by atoms with Crippen molar-refractivity contribution < 1.29 is 19.4 Å². The summed E-state index contributed by atoms with van der Waals surface area (Å²) in [7, 11) is 0. The minimum Gasteiger partial charge on any atom is -0.392 e. The van der Waals surface area contributed by atoms with Gasteiger partial charge < -0.3 is 24.5 Å². The molecular formula is C38H53Cl2N3O4. The largest absolute Gasteiger partial charge is 0.392 e. The van der Waals surface area contributed by atoms with Crippen LogP contribution in [0.2, 0.25) is 10.3 Å². The second-order valence-electron chi connectivity index (χ2n) is 13.0. The first-order valence-electron chi connectivity index (χ1n) is 17.7. The number of hydrogen-bond acceptors (Lipinski definition) is 5. The highest BCUT2D eigenvalue weighted by atomic mass is 35.5. The molecule has 1 aliphatic heterocycles. The normalized spacial score (nSPS) is 19.6. The van der Waals surface area contributed by atoms with Crippen molar-refractivity contribution in [3.63, 3.8) is 0 Å². The number of hydrogen-bond donors (Lipinski definition) is 2. The highest BCUT2D eigenvalue weighted by Gasteiger charge is 2.39. The second kappa shape index (κ2) is 20.2. The number of imidazole rings is 1. The Bertz CT molecular complexity index is 1350. The maximum absolute atomic E-state index is 12.8. The monoisotopic (exact) mass is 685 g/mol. The van der Waals surface area contributed by atoms with Crippen LogP contribution in [0, 0.1) is 5.92 Å². The van der Waals surface area contributed by atoms with Crippen molar-refractivity contribution in [2.45, 2.75) is 135 Å². The summed E-state index contributed by atoms with van der Waals surface area (Å²) in [5.41, 5.74) is 3.36. The molecule has 3 aromatic rings. The SMILES string of the molecule is CCCCCCCCCCCCCCCC(=O)Nc1cccc(C2O[C@H](Cn3cnc(Cl)c3Cl)[C@H](C)[C@H](c3ccc(CO)cc3)O2)c1. The van der Waals surface area contributed by atoms with E-state index in [1.54, 1.807) is 10.9 Å². The third kappa shape index (κ3) is 11.9. The van der Waals surface area contributed by atoms with Crippen molar-refractivity contribution in [3.05, 3.63) is 81.9 Å². The fraction of sp³-hybridized carbons (Fsp3) is 0.579. The summed E-state index contributed by atoms with van der Waals surface area (Å²) in [5.74, 6) is -0.0117. The summed E-state index contributed by atoms with van der Waals surface area (Å²) < 4.78 is 14.9. The molecule has 0 aliphatic carbocycles. The molecule has 1 fully saturated rings. The molecule has 0 saturated carbocycles. The Morgan fingerprint density at radius 2 is 1.51 bits per heavy atom. The first-order valence-corrected chi connectivity index (χ1v) is 18.4. The van der Waals surface area contributed by atoms with Gasteiger partial charge in [0.1, 0.15) is 5.15 Å². The first-order chi connectivity index (χ1) is 22.9. The highest BCUT2D eigenvalue weighted by molar-refractivity contribution is 6.40. The van der Waals surface area contributed by atoms with Gasteiger partial charge in [0.15, 0.2) is 11.4 Å². The molecule has 2 N–H and O–H groups in total. The zero-order chi connectivity index (χ0) is 33.4. The molecule has 4 rings (SSSR count). The lowest BCUT2D eigenvalue weighted by atomic mass is 9.90. The number of amides is 1. The van der Waals surface area contributed by atoms with Gasteiger partial charge >= 0.3 is 0 Å². The molecule has 4 atom stereocenters. The first kappa shape index (κ1) is 37.4. The smallest absolute Gasteiger partial charge is 0.224 e. The van der Waals surface area contributed by atoms with E-state index in [4.69, 9.17) is 32.7 Å². The van der Waals surface area contributed by atoms with Crippen molar-refractivity contribution in [2.75, 3.05) is 5.32 Å². The number of carbonyl (C=O) groups is 1. The van der Waals surface area contributed by atoms with E-state index in [-0.39, 0.29) is 35.8 Å². The average molecular weight is 687 g/mol. The molecule has 1 unspecified atom stereocenters. The number of nitrogens with one attached hydrogen (secondary N) is 1. The highest BCUT2D eigenvalue weighted by Crippen LogP contribution is 2.42. The number of aromatic nitrogens is 2. The van der Waals surface area contributed by atoms with Gasteiger partial charge in [-0.05, 0) is 29.7 Å². The predicted molar refractivity (Wildman–Crippen MR) is 191 cm³/mol. The molecule has 2 aromatic carbocycles. The second-order valence-corrected chi connectivity index (χ2v) is 13.7. The lowest BCUT2D eigenvalue weighted by molar-refractivity contribution is -0.276. The number of ether oxygens (including phenoxy) is 2. The van der Waals surface area contributed by atoms with Gasteiger partial charge in [-0.15, -0.1) is 0 Å². The van der Waals surface area contributed by atoms with Crippen LogP contribution >= 0.6 is 23.2 Å². The van der Waals surface area contributed by atoms with Gasteiger partial charge in [0.25, 0.3) is 0 Å². The Hall–Kier alpha value is -2.42. The fourth-order valence-electron chi connectivity index (χ4n) is 6.28. The van der Waals surface area contributed by atoms with Crippen LogP contribution in [0.15, 0.2) is 54.9 Å².